The van der Waals surface area contributed by atoms with Gasteiger partial charge in [0.2, 0.25) is 5.79 Å². The highest BCUT2D eigenvalue weighted by Gasteiger charge is 2.56. The Labute approximate surface area is 119 Å². The first-order valence-corrected chi connectivity index (χ1v) is 7.22. The van der Waals surface area contributed by atoms with Crippen LogP contribution in [-0.2, 0) is 5.41 Å². The fraction of sp³-hybridized carbons (Fsp3) is 0.625. The number of hydrogen-bond donors (Lipinski definition) is 3. The zero-order chi connectivity index (χ0) is 14.7. The van der Waals surface area contributed by atoms with Crippen LogP contribution in [0.2, 0.25) is 0 Å². The summed E-state index contributed by atoms with van der Waals surface area (Å²) in [5.74, 6) is -0.503. The molecule has 1 aliphatic heterocycles. The first-order chi connectivity index (χ1) is 9.24. The summed E-state index contributed by atoms with van der Waals surface area (Å²) in [5, 5.41) is 30.8. The molecule has 0 amide bonds. The van der Waals surface area contributed by atoms with E-state index in [4.69, 9.17) is 4.74 Å². The largest absolute Gasteiger partial charge is 0.508 e. The molecule has 110 valence electrons. The molecule has 1 fully saturated rings. The second-order valence-corrected chi connectivity index (χ2v) is 6.95. The van der Waals surface area contributed by atoms with Gasteiger partial charge in [0.15, 0.2) is 0 Å². The number of benzene rings is 1. The predicted molar refractivity (Wildman–Crippen MR) is 74.9 cm³/mol. The average molecular weight is 278 g/mol. The van der Waals surface area contributed by atoms with E-state index in [2.05, 4.69) is 6.92 Å². The number of aliphatic hydroxyl groups is 1. The fourth-order valence-electron chi connectivity index (χ4n) is 4.14. The smallest absolute Gasteiger partial charge is 0.212 e. The molecule has 3 rings (SSSR count). The van der Waals surface area contributed by atoms with Gasteiger partial charge in [-0.25, -0.2) is 0 Å². The van der Waals surface area contributed by atoms with Crippen LogP contribution in [0, 0.1) is 11.8 Å². The summed E-state index contributed by atoms with van der Waals surface area (Å²) in [5.41, 5.74) is 0.278. The summed E-state index contributed by atoms with van der Waals surface area (Å²) in [6.45, 7) is 6.16. The zero-order valence-corrected chi connectivity index (χ0v) is 12.2. The van der Waals surface area contributed by atoms with Crippen LogP contribution in [-0.4, -0.2) is 21.1 Å². The normalized spacial score (nSPS) is 34.8. The van der Waals surface area contributed by atoms with Crippen molar-refractivity contribution in [3.8, 4) is 17.2 Å². The van der Waals surface area contributed by atoms with E-state index in [0.29, 0.717) is 23.7 Å². The van der Waals surface area contributed by atoms with Crippen LogP contribution in [0.1, 0.15) is 45.6 Å². The van der Waals surface area contributed by atoms with E-state index in [0.717, 1.165) is 12.8 Å². The molecule has 1 aromatic rings. The van der Waals surface area contributed by atoms with Crippen molar-refractivity contribution in [1.29, 1.82) is 0 Å². The van der Waals surface area contributed by atoms with Crippen LogP contribution in [0.3, 0.4) is 0 Å². The second-order valence-electron chi connectivity index (χ2n) is 6.95. The van der Waals surface area contributed by atoms with E-state index in [1.54, 1.807) is 0 Å². The van der Waals surface area contributed by atoms with Crippen LogP contribution in [0.25, 0.3) is 0 Å². The Kier molecular flexibility index (Phi) is 2.74. The van der Waals surface area contributed by atoms with Crippen molar-refractivity contribution in [2.75, 3.05) is 0 Å². The highest BCUT2D eigenvalue weighted by Crippen LogP contribution is 2.57. The molecule has 2 aliphatic rings. The Balaban J connectivity index is 2.17. The third-order valence-electron chi connectivity index (χ3n) is 5.00. The highest BCUT2D eigenvalue weighted by atomic mass is 16.6. The summed E-state index contributed by atoms with van der Waals surface area (Å²) in [7, 11) is 0. The molecule has 4 heteroatoms. The lowest BCUT2D eigenvalue weighted by Crippen LogP contribution is -2.57. The quantitative estimate of drug-likeness (QED) is 0.682. The van der Waals surface area contributed by atoms with Gasteiger partial charge < -0.3 is 20.1 Å². The lowest BCUT2D eigenvalue weighted by Gasteiger charge is -2.53. The van der Waals surface area contributed by atoms with Gasteiger partial charge in [-0.3, -0.25) is 0 Å². The van der Waals surface area contributed by atoms with Crippen molar-refractivity contribution in [1.82, 2.24) is 0 Å². The minimum atomic E-state index is -1.21. The molecule has 3 N–H and O–H groups in total. The molecule has 1 heterocycles. The van der Waals surface area contributed by atoms with Gasteiger partial charge in [0.05, 0.1) is 0 Å². The van der Waals surface area contributed by atoms with Crippen molar-refractivity contribution in [3.63, 3.8) is 0 Å². The Hall–Kier alpha value is -1.42. The second kappa shape index (κ2) is 4.04. The molecule has 0 spiro atoms. The van der Waals surface area contributed by atoms with Gasteiger partial charge in [0.25, 0.3) is 0 Å². The number of phenols is 2. The molecule has 0 bridgehead atoms. The van der Waals surface area contributed by atoms with Crippen molar-refractivity contribution in [2.24, 2.45) is 11.8 Å². The number of aromatic hydroxyl groups is 2. The molecule has 0 saturated heterocycles. The number of ether oxygens (including phenoxy) is 1. The number of fused-ring (bicyclic) bond motifs is 2. The summed E-state index contributed by atoms with van der Waals surface area (Å²) >= 11 is 0. The molecule has 1 aliphatic carbocycles. The molecule has 20 heavy (non-hydrogen) atoms. The van der Waals surface area contributed by atoms with E-state index in [-0.39, 0.29) is 17.4 Å². The minimum absolute atomic E-state index is 0.0330. The van der Waals surface area contributed by atoms with E-state index >= 15 is 0 Å². The van der Waals surface area contributed by atoms with E-state index in [1.807, 2.05) is 13.8 Å². The highest BCUT2D eigenvalue weighted by molar-refractivity contribution is 5.55. The standard InChI is InChI=1S/C16H22O4/c1-9-4-5-13-15(2,3)14-11(18)6-10(17)7-12(14)20-16(13,19)8-9/h6-7,9,13,17-19H,4-5,8H2,1-3H3. The van der Waals surface area contributed by atoms with Crippen LogP contribution in [0.15, 0.2) is 12.1 Å². The fourth-order valence-corrected chi connectivity index (χ4v) is 4.14. The molecule has 3 unspecified atom stereocenters. The maximum Gasteiger partial charge on any atom is 0.212 e. The van der Waals surface area contributed by atoms with Gasteiger partial charge >= 0.3 is 0 Å². The van der Waals surface area contributed by atoms with Gasteiger partial charge in [-0.15, -0.1) is 0 Å². The van der Waals surface area contributed by atoms with Crippen molar-refractivity contribution in [2.45, 2.75) is 51.2 Å². The van der Waals surface area contributed by atoms with Crippen molar-refractivity contribution >= 4 is 0 Å². The molecule has 4 nitrogen and oxygen atoms in total. The third-order valence-corrected chi connectivity index (χ3v) is 5.00. The Bertz CT molecular complexity index is 552. The molecule has 1 aromatic carbocycles. The zero-order valence-electron chi connectivity index (χ0n) is 12.2. The molecule has 0 aromatic heterocycles. The van der Waals surface area contributed by atoms with E-state index in [9.17, 15) is 15.3 Å². The summed E-state index contributed by atoms with van der Waals surface area (Å²) in [6, 6.07) is 2.81. The summed E-state index contributed by atoms with van der Waals surface area (Å²) < 4.78 is 5.83. The molecule has 1 saturated carbocycles. The monoisotopic (exact) mass is 278 g/mol. The van der Waals surface area contributed by atoms with Gasteiger partial charge in [0.1, 0.15) is 17.2 Å². The van der Waals surface area contributed by atoms with Crippen LogP contribution in [0.4, 0.5) is 0 Å². The predicted octanol–water partition coefficient (Wildman–Crippen LogP) is 2.89. The number of rotatable bonds is 0. The summed E-state index contributed by atoms with van der Waals surface area (Å²) in [6.07, 6.45) is 2.50. The Morgan fingerprint density at radius 2 is 1.90 bits per heavy atom. The van der Waals surface area contributed by atoms with Gasteiger partial charge in [-0.1, -0.05) is 20.8 Å². The Morgan fingerprint density at radius 3 is 2.60 bits per heavy atom. The van der Waals surface area contributed by atoms with Crippen LogP contribution < -0.4 is 4.74 Å². The van der Waals surface area contributed by atoms with E-state index in [1.165, 1.54) is 12.1 Å². The number of phenolic OH excluding ortho intramolecular Hbond substituents is 2. The lowest BCUT2D eigenvalue weighted by atomic mass is 9.61. The van der Waals surface area contributed by atoms with Gasteiger partial charge in [-0.2, -0.15) is 0 Å². The Morgan fingerprint density at radius 1 is 1.20 bits per heavy atom. The van der Waals surface area contributed by atoms with Crippen LogP contribution >= 0.6 is 0 Å². The molecular weight excluding hydrogens is 256 g/mol. The number of hydrogen-bond acceptors (Lipinski definition) is 4. The molecular formula is C16H22O4. The molecule has 0 radical (unpaired) electrons. The molecule has 3 atom stereocenters. The van der Waals surface area contributed by atoms with Crippen molar-refractivity contribution < 1.29 is 20.1 Å². The van der Waals surface area contributed by atoms with Crippen LogP contribution in [0.5, 0.6) is 17.2 Å². The lowest BCUT2D eigenvalue weighted by molar-refractivity contribution is -0.230. The topological polar surface area (TPSA) is 69.9 Å². The first-order valence-electron chi connectivity index (χ1n) is 7.22. The minimum Gasteiger partial charge on any atom is -0.508 e. The van der Waals surface area contributed by atoms with Gasteiger partial charge in [0, 0.05) is 35.4 Å². The third kappa shape index (κ3) is 1.78. The maximum atomic E-state index is 10.9. The average Bonchev–Trinajstić information content (AvgIpc) is 2.24. The maximum absolute atomic E-state index is 10.9. The summed E-state index contributed by atoms with van der Waals surface area (Å²) in [4.78, 5) is 0. The van der Waals surface area contributed by atoms with E-state index < -0.39 is 11.2 Å². The van der Waals surface area contributed by atoms with Gasteiger partial charge in [-0.05, 0) is 18.8 Å². The first kappa shape index (κ1) is 13.6. The van der Waals surface area contributed by atoms with Crippen molar-refractivity contribution in [3.05, 3.63) is 17.7 Å². The SMILES string of the molecule is CC1CCC2C(O)(C1)Oc1cc(O)cc(O)c1C2(C)C.